The van der Waals surface area contributed by atoms with E-state index in [1.54, 1.807) is 6.07 Å². The Morgan fingerprint density at radius 3 is 2.70 bits per heavy atom. The summed E-state index contributed by atoms with van der Waals surface area (Å²) in [7, 11) is 0. The molecule has 0 aliphatic heterocycles. The van der Waals surface area contributed by atoms with E-state index < -0.39 is 10.3 Å². The molecule has 20 heavy (non-hydrogen) atoms. The van der Waals surface area contributed by atoms with Crippen molar-refractivity contribution in [3.63, 3.8) is 0 Å². The molecule has 1 spiro atoms. The molecule has 0 bridgehead atoms. The summed E-state index contributed by atoms with van der Waals surface area (Å²) in [5.41, 5.74) is 0.873. The number of fused-ring (bicyclic) bond motifs is 2. The smallest absolute Gasteiger partial charge is 0.287 e. The number of nitro groups is 1. The summed E-state index contributed by atoms with van der Waals surface area (Å²) in [5, 5.41) is 20.5. The van der Waals surface area contributed by atoms with Crippen LogP contribution in [0, 0.1) is 21.4 Å². The van der Waals surface area contributed by atoms with Crippen molar-refractivity contribution in [3.05, 3.63) is 38.9 Å². The van der Waals surface area contributed by atoms with Gasteiger partial charge in [0.25, 0.3) is 5.69 Å². The number of carbonyl (C=O) groups is 1. The lowest BCUT2D eigenvalue weighted by Crippen LogP contribution is -2.37. The van der Waals surface area contributed by atoms with Gasteiger partial charge < -0.3 is 0 Å². The SMILES string of the molecule is N#Cc1c([N+](=O)[O-])ccc2c1C1(CCCCC1=O)CC2. The van der Waals surface area contributed by atoms with Crippen LogP contribution in [0.2, 0.25) is 0 Å². The molecule has 1 fully saturated rings. The first-order chi connectivity index (χ1) is 9.60. The van der Waals surface area contributed by atoms with Gasteiger partial charge in [-0.05, 0) is 36.8 Å². The minimum absolute atomic E-state index is 0.0975. The second kappa shape index (κ2) is 4.41. The van der Waals surface area contributed by atoms with Gasteiger partial charge >= 0.3 is 0 Å². The van der Waals surface area contributed by atoms with E-state index in [0.717, 1.165) is 24.8 Å². The Kier molecular flexibility index (Phi) is 2.82. The third kappa shape index (κ3) is 1.58. The quantitative estimate of drug-likeness (QED) is 0.580. The molecule has 1 saturated carbocycles. The van der Waals surface area contributed by atoms with E-state index in [1.807, 2.05) is 6.07 Å². The minimum atomic E-state index is -0.634. The van der Waals surface area contributed by atoms with Crippen LogP contribution >= 0.6 is 0 Å². The Morgan fingerprint density at radius 1 is 1.25 bits per heavy atom. The van der Waals surface area contributed by atoms with Gasteiger partial charge in [0.05, 0.1) is 10.3 Å². The molecule has 0 heterocycles. The van der Waals surface area contributed by atoms with E-state index in [2.05, 4.69) is 0 Å². The Balaban J connectivity index is 2.26. The summed E-state index contributed by atoms with van der Waals surface area (Å²) >= 11 is 0. The zero-order valence-corrected chi connectivity index (χ0v) is 11.0. The number of benzene rings is 1. The molecule has 102 valence electrons. The van der Waals surface area contributed by atoms with Crippen LogP contribution in [0.5, 0.6) is 0 Å². The maximum atomic E-state index is 12.5. The highest BCUT2D eigenvalue weighted by Gasteiger charge is 2.48. The highest BCUT2D eigenvalue weighted by Crippen LogP contribution is 2.49. The number of hydrogen-bond acceptors (Lipinski definition) is 4. The van der Waals surface area contributed by atoms with E-state index in [0.29, 0.717) is 24.8 Å². The summed E-state index contributed by atoms with van der Waals surface area (Å²) in [6.45, 7) is 0. The van der Waals surface area contributed by atoms with Gasteiger partial charge in [0.15, 0.2) is 0 Å². The predicted molar refractivity (Wildman–Crippen MR) is 71.3 cm³/mol. The summed E-state index contributed by atoms with van der Waals surface area (Å²) in [5.74, 6) is 0.152. The standard InChI is InChI=1S/C15H14N2O3/c16-9-11-12(17(19)20)5-4-10-6-8-15(14(10)11)7-2-1-3-13(15)18/h4-5H,1-3,6-8H2. The summed E-state index contributed by atoms with van der Waals surface area (Å²) < 4.78 is 0. The Labute approximate surface area is 116 Å². The molecule has 2 aliphatic rings. The lowest BCUT2D eigenvalue weighted by Gasteiger charge is -2.33. The largest absolute Gasteiger partial charge is 0.299 e. The maximum absolute atomic E-state index is 12.5. The van der Waals surface area contributed by atoms with Gasteiger partial charge in [-0.15, -0.1) is 0 Å². The predicted octanol–water partition coefficient (Wildman–Crippen LogP) is 2.79. The van der Waals surface area contributed by atoms with Gasteiger partial charge in [-0.3, -0.25) is 14.9 Å². The second-order valence-corrected chi connectivity index (χ2v) is 5.58. The summed E-state index contributed by atoms with van der Waals surface area (Å²) in [6.07, 6.45) is 4.48. The van der Waals surface area contributed by atoms with Crippen molar-refractivity contribution in [2.24, 2.45) is 0 Å². The van der Waals surface area contributed by atoms with Crippen molar-refractivity contribution in [3.8, 4) is 6.07 Å². The summed E-state index contributed by atoms with van der Waals surface area (Å²) in [6, 6.07) is 5.08. The number of hydrogen-bond donors (Lipinski definition) is 0. The average Bonchev–Trinajstić information content (AvgIpc) is 2.81. The Morgan fingerprint density at radius 2 is 2.05 bits per heavy atom. The van der Waals surface area contributed by atoms with Crippen molar-refractivity contribution in [1.29, 1.82) is 5.26 Å². The van der Waals surface area contributed by atoms with Gasteiger partial charge in [0.2, 0.25) is 0 Å². The van der Waals surface area contributed by atoms with Crippen LogP contribution in [0.25, 0.3) is 0 Å². The number of Topliss-reactive ketones (excluding diaryl/α,β-unsaturated/α-hetero) is 1. The number of nitriles is 1. The topological polar surface area (TPSA) is 84.0 Å². The minimum Gasteiger partial charge on any atom is -0.299 e. The fourth-order valence-corrected chi connectivity index (χ4v) is 3.75. The third-order valence-electron chi connectivity index (χ3n) is 4.67. The number of rotatable bonds is 1. The van der Waals surface area contributed by atoms with Crippen molar-refractivity contribution < 1.29 is 9.72 Å². The van der Waals surface area contributed by atoms with Crippen LogP contribution < -0.4 is 0 Å². The molecule has 2 aliphatic carbocycles. The average molecular weight is 270 g/mol. The van der Waals surface area contributed by atoms with Crippen LogP contribution in [0.15, 0.2) is 12.1 Å². The van der Waals surface area contributed by atoms with E-state index >= 15 is 0 Å². The molecule has 5 nitrogen and oxygen atoms in total. The fraction of sp³-hybridized carbons (Fsp3) is 0.467. The highest BCUT2D eigenvalue weighted by molar-refractivity contribution is 5.93. The molecule has 0 saturated heterocycles. The molecule has 3 rings (SSSR count). The fourth-order valence-electron chi connectivity index (χ4n) is 3.75. The molecule has 0 amide bonds. The normalized spacial score (nSPS) is 24.4. The first-order valence-electron chi connectivity index (χ1n) is 6.84. The van der Waals surface area contributed by atoms with Crippen LogP contribution in [0.1, 0.15) is 48.8 Å². The van der Waals surface area contributed by atoms with Gasteiger partial charge in [-0.2, -0.15) is 5.26 Å². The van der Waals surface area contributed by atoms with Crippen molar-refractivity contribution >= 4 is 11.5 Å². The molecular formula is C15H14N2O3. The van der Waals surface area contributed by atoms with E-state index in [1.165, 1.54) is 6.07 Å². The van der Waals surface area contributed by atoms with Gasteiger partial charge in [0.1, 0.15) is 17.4 Å². The van der Waals surface area contributed by atoms with Crippen molar-refractivity contribution in [1.82, 2.24) is 0 Å². The third-order valence-corrected chi connectivity index (χ3v) is 4.67. The van der Waals surface area contributed by atoms with Crippen LogP contribution in [-0.2, 0) is 16.6 Å². The Hall–Kier alpha value is -2.22. The summed E-state index contributed by atoms with van der Waals surface area (Å²) in [4.78, 5) is 23.0. The number of nitrogens with zero attached hydrogens (tertiary/aromatic N) is 2. The van der Waals surface area contributed by atoms with E-state index in [9.17, 15) is 20.2 Å². The first kappa shape index (κ1) is 12.8. The molecular weight excluding hydrogens is 256 g/mol. The number of carbonyl (C=O) groups excluding carboxylic acids is 1. The molecule has 0 radical (unpaired) electrons. The molecule has 1 unspecified atom stereocenters. The highest BCUT2D eigenvalue weighted by atomic mass is 16.6. The zero-order chi connectivity index (χ0) is 14.3. The lowest BCUT2D eigenvalue weighted by atomic mass is 9.68. The van der Waals surface area contributed by atoms with E-state index in [4.69, 9.17) is 0 Å². The molecule has 5 heteroatoms. The van der Waals surface area contributed by atoms with Crippen molar-refractivity contribution in [2.45, 2.75) is 43.9 Å². The second-order valence-electron chi connectivity index (χ2n) is 5.58. The monoisotopic (exact) mass is 270 g/mol. The maximum Gasteiger partial charge on any atom is 0.287 e. The number of ketones is 1. The zero-order valence-electron chi connectivity index (χ0n) is 11.0. The first-order valence-corrected chi connectivity index (χ1v) is 6.84. The van der Waals surface area contributed by atoms with Crippen LogP contribution in [0.3, 0.4) is 0 Å². The molecule has 1 aromatic carbocycles. The Bertz CT molecular complexity index is 656. The molecule has 1 atom stereocenters. The molecule has 0 N–H and O–H groups in total. The van der Waals surface area contributed by atoms with Gasteiger partial charge in [-0.25, -0.2) is 0 Å². The van der Waals surface area contributed by atoms with Gasteiger partial charge in [0, 0.05) is 12.5 Å². The van der Waals surface area contributed by atoms with Gasteiger partial charge in [-0.1, -0.05) is 12.5 Å². The lowest BCUT2D eigenvalue weighted by molar-refractivity contribution is -0.385. The van der Waals surface area contributed by atoms with Crippen molar-refractivity contribution in [2.75, 3.05) is 0 Å². The number of aryl methyl sites for hydroxylation is 1. The van der Waals surface area contributed by atoms with E-state index in [-0.39, 0.29) is 17.0 Å². The molecule has 1 aromatic rings. The molecule has 0 aromatic heterocycles. The van der Waals surface area contributed by atoms with Crippen LogP contribution in [0.4, 0.5) is 5.69 Å². The number of nitro benzene ring substituents is 1. The van der Waals surface area contributed by atoms with Crippen LogP contribution in [-0.4, -0.2) is 10.7 Å².